The molecule has 6 heteroatoms. The van der Waals surface area contributed by atoms with Crippen molar-refractivity contribution in [3.8, 4) is 0 Å². The number of anilines is 1. The summed E-state index contributed by atoms with van der Waals surface area (Å²) in [6, 6.07) is 6.87. The molecule has 1 aliphatic rings. The second-order valence-electron chi connectivity index (χ2n) is 4.40. The minimum atomic E-state index is -0.197. The van der Waals surface area contributed by atoms with Crippen molar-refractivity contribution < 1.29 is 9.59 Å². The molecular formula is C13H16ClN3O2. The van der Waals surface area contributed by atoms with Crippen LogP contribution >= 0.6 is 11.6 Å². The van der Waals surface area contributed by atoms with Crippen molar-refractivity contribution >= 4 is 29.1 Å². The van der Waals surface area contributed by atoms with Crippen LogP contribution in [0.4, 0.5) is 5.69 Å². The first-order chi connectivity index (χ1) is 9.15. The molecule has 0 saturated carbocycles. The zero-order valence-corrected chi connectivity index (χ0v) is 11.2. The first-order valence-electron chi connectivity index (χ1n) is 6.19. The summed E-state index contributed by atoms with van der Waals surface area (Å²) in [6.45, 7) is 1.80. The van der Waals surface area contributed by atoms with E-state index in [0.717, 1.165) is 13.0 Å². The monoisotopic (exact) mass is 281 g/mol. The third-order valence-corrected chi connectivity index (χ3v) is 3.12. The third-order valence-electron chi connectivity index (χ3n) is 2.87. The summed E-state index contributed by atoms with van der Waals surface area (Å²) in [5.74, 6) is -0.235. The number of nitrogens with zero attached hydrogens (tertiary/aromatic N) is 1. The lowest BCUT2D eigenvalue weighted by Crippen LogP contribution is -2.40. The van der Waals surface area contributed by atoms with Gasteiger partial charge >= 0.3 is 0 Å². The molecule has 5 nitrogen and oxygen atoms in total. The van der Waals surface area contributed by atoms with Gasteiger partial charge in [-0.05, 0) is 37.2 Å². The van der Waals surface area contributed by atoms with Crippen molar-refractivity contribution in [2.24, 2.45) is 0 Å². The van der Waals surface area contributed by atoms with Gasteiger partial charge < -0.3 is 15.5 Å². The molecule has 1 fully saturated rings. The molecule has 102 valence electrons. The number of nitrogens with one attached hydrogen (secondary N) is 2. The highest BCUT2D eigenvalue weighted by atomic mass is 35.5. The molecule has 2 rings (SSSR count). The summed E-state index contributed by atoms with van der Waals surface area (Å²) >= 11 is 5.77. The molecule has 1 aromatic carbocycles. The van der Waals surface area contributed by atoms with Gasteiger partial charge in [-0.2, -0.15) is 0 Å². The number of hydrogen-bond donors (Lipinski definition) is 2. The molecule has 0 unspecified atom stereocenters. The van der Waals surface area contributed by atoms with E-state index in [9.17, 15) is 9.59 Å². The Morgan fingerprint density at radius 2 is 2.11 bits per heavy atom. The second kappa shape index (κ2) is 6.54. The van der Waals surface area contributed by atoms with Gasteiger partial charge in [-0.3, -0.25) is 9.59 Å². The molecule has 1 aromatic rings. The minimum Gasteiger partial charge on any atom is -0.332 e. The van der Waals surface area contributed by atoms with E-state index in [0.29, 0.717) is 23.8 Å². The zero-order valence-electron chi connectivity index (χ0n) is 10.5. The van der Waals surface area contributed by atoms with Crippen LogP contribution in [0.15, 0.2) is 24.3 Å². The number of carbonyl (C=O) groups excluding carboxylic acids is 2. The summed E-state index contributed by atoms with van der Waals surface area (Å²) in [4.78, 5) is 25.2. The predicted molar refractivity (Wildman–Crippen MR) is 74.1 cm³/mol. The molecule has 0 atom stereocenters. The predicted octanol–water partition coefficient (Wildman–Crippen LogP) is 1.10. The molecule has 0 aliphatic carbocycles. The highest BCUT2D eigenvalue weighted by Gasteiger charge is 2.18. The van der Waals surface area contributed by atoms with E-state index in [1.165, 1.54) is 0 Å². The molecule has 1 heterocycles. The van der Waals surface area contributed by atoms with E-state index in [1.54, 1.807) is 29.2 Å². The van der Waals surface area contributed by atoms with E-state index < -0.39 is 0 Å². The normalized spacial score (nSPS) is 16.1. The summed E-state index contributed by atoms with van der Waals surface area (Å²) in [7, 11) is 0. The Morgan fingerprint density at radius 1 is 1.37 bits per heavy atom. The number of carbonyl (C=O) groups is 2. The maximum absolute atomic E-state index is 11.9. The van der Waals surface area contributed by atoms with Crippen molar-refractivity contribution in [2.75, 3.05) is 31.5 Å². The summed E-state index contributed by atoms with van der Waals surface area (Å²) in [5, 5.41) is 6.38. The van der Waals surface area contributed by atoms with Crippen LogP contribution in [0.25, 0.3) is 0 Å². The second-order valence-corrected chi connectivity index (χ2v) is 4.84. The van der Waals surface area contributed by atoms with Crippen molar-refractivity contribution in [3.05, 3.63) is 29.3 Å². The van der Waals surface area contributed by atoms with Gasteiger partial charge in [0.15, 0.2) is 0 Å². The van der Waals surface area contributed by atoms with Gasteiger partial charge in [-0.25, -0.2) is 0 Å². The average Bonchev–Trinajstić information content (AvgIpc) is 2.58. The van der Waals surface area contributed by atoms with Crippen molar-refractivity contribution in [3.63, 3.8) is 0 Å². The Labute approximate surface area is 116 Å². The molecule has 2 N–H and O–H groups in total. The number of rotatable bonds is 3. The number of amides is 2. The van der Waals surface area contributed by atoms with E-state index in [4.69, 9.17) is 11.6 Å². The molecule has 0 bridgehead atoms. The van der Waals surface area contributed by atoms with Gasteiger partial charge in [0, 0.05) is 17.3 Å². The van der Waals surface area contributed by atoms with Gasteiger partial charge in [0.2, 0.25) is 11.8 Å². The van der Waals surface area contributed by atoms with Crippen LogP contribution < -0.4 is 10.6 Å². The maximum atomic E-state index is 11.9. The van der Waals surface area contributed by atoms with E-state index in [1.807, 2.05) is 0 Å². The third kappa shape index (κ3) is 4.22. The molecule has 19 heavy (non-hydrogen) atoms. The topological polar surface area (TPSA) is 61.4 Å². The quantitative estimate of drug-likeness (QED) is 0.872. The summed E-state index contributed by atoms with van der Waals surface area (Å²) < 4.78 is 0. The molecule has 0 aromatic heterocycles. The van der Waals surface area contributed by atoms with E-state index in [2.05, 4.69) is 10.6 Å². The largest absolute Gasteiger partial charge is 0.332 e. The van der Waals surface area contributed by atoms with Crippen molar-refractivity contribution in [2.45, 2.75) is 6.42 Å². The van der Waals surface area contributed by atoms with Crippen LogP contribution in [0.5, 0.6) is 0 Å². The maximum Gasteiger partial charge on any atom is 0.243 e. The number of hydrogen-bond acceptors (Lipinski definition) is 3. The Morgan fingerprint density at radius 3 is 2.84 bits per heavy atom. The van der Waals surface area contributed by atoms with Gasteiger partial charge in [-0.1, -0.05) is 11.6 Å². The van der Waals surface area contributed by atoms with Crippen LogP contribution in [-0.2, 0) is 9.59 Å². The smallest absolute Gasteiger partial charge is 0.243 e. The molecule has 0 radical (unpaired) electrons. The van der Waals surface area contributed by atoms with Crippen LogP contribution in [0, 0.1) is 0 Å². The molecule has 1 saturated heterocycles. The Kier molecular flexibility index (Phi) is 4.76. The minimum absolute atomic E-state index is 0.0382. The van der Waals surface area contributed by atoms with Gasteiger partial charge in [0.1, 0.15) is 0 Å². The van der Waals surface area contributed by atoms with Gasteiger partial charge in [0.25, 0.3) is 0 Å². The fraction of sp³-hybridized carbons (Fsp3) is 0.385. The standard InChI is InChI=1S/C13H16ClN3O2/c14-10-2-4-11(5-3-10)16-12(18)9-17-7-1-6-15-8-13(17)19/h2-5,15H,1,6-9H2,(H,16,18). The molecular weight excluding hydrogens is 266 g/mol. The van der Waals surface area contributed by atoms with E-state index in [-0.39, 0.29) is 18.4 Å². The fourth-order valence-electron chi connectivity index (χ4n) is 1.90. The zero-order chi connectivity index (χ0) is 13.7. The molecule has 2 amide bonds. The molecule has 0 spiro atoms. The van der Waals surface area contributed by atoms with E-state index >= 15 is 0 Å². The van der Waals surface area contributed by atoms with Crippen molar-refractivity contribution in [1.82, 2.24) is 10.2 Å². The lowest BCUT2D eigenvalue weighted by atomic mass is 10.3. The highest BCUT2D eigenvalue weighted by Crippen LogP contribution is 2.13. The Bertz CT molecular complexity index is 461. The van der Waals surface area contributed by atoms with Crippen LogP contribution in [0.1, 0.15) is 6.42 Å². The van der Waals surface area contributed by atoms with Gasteiger partial charge in [-0.15, -0.1) is 0 Å². The first-order valence-corrected chi connectivity index (χ1v) is 6.57. The lowest BCUT2D eigenvalue weighted by molar-refractivity contribution is -0.133. The number of benzene rings is 1. The van der Waals surface area contributed by atoms with Crippen LogP contribution in [0.2, 0.25) is 5.02 Å². The Hall–Kier alpha value is -1.59. The van der Waals surface area contributed by atoms with Crippen molar-refractivity contribution in [1.29, 1.82) is 0 Å². The highest BCUT2D eigenvalue weighted by molar-refractivity contribution is 6.30. The summed E-state index contributed by atoms with van der Waals surface area (Å²) in [6.07, 6.45) is 0.861. The lowest BCUT2D eigenvalue weighted by Gasteiger charge is -2.19. The Balaban J connectivity index is 1.89. The van der Waals surface area contributed by atoms with Crippen LogP contribution in [-0.4, -0.2) is 42.9 Å². The molecule has 1 aliphatic heterocycles. The number of halogens is 1. The van der Waals surface area contributed by atoms with Crippen LogP contribution in [0.3, 0.4) is 0 Å². The fourth-order valence-corrected chi connectivity index (χ4v) is 2.03. The summed E-state index contributed by atoms with van der Waals surface area (Å²) in [5.41, 5.74) is 0.676. The average molecular weight is 282 g/mol. The first kappa shape index (κ1) is 13.8. The SMILES string of the molecule is O=C(CN1CCCNCC1=O)Nc1ccc(Cl)cc1. The van der Waals surface area contributed by atoms with Gasteiger partial charge in [0.05, 0.1) is 13.1 Å².